The van der Waals surface area contributed by atoms with Crippen LogP contribution in [0.1, 0.15) is 37.8 Å². The van der Waals surface area contributed by atoms with Gasteiger partial charge in [0.2, 0.25) is 0 Å². The van der Waals surface area contributed by atoms with Gasteiger partial charge in [0.1, 0.15) is 12.4 Å². The minimum atomic E-state index is 0. The van der Waals surface area contributed by atoms with E-state index < -0.39 is 0 Å². The SMILES string of the molecule is CCNC(=NCc1ccc(C)cc1OCCOC)NCC(C)CN1CCCC1.I. The van der Waals surface area contributed by atoms with Crippen LogP contribution in [0, 0.1) is 12.8 Å². The van der Waals surface area contributed by atoms with E-state index in [-0.39, 0.29) is 24.0 Å². The Morgan fingerprint density at radius 1 is 1.21 bits per heavy atom. The Bertz CT molecular complexity index is 606. The van der Waals surface area contributed by atoms with Crippen molar-refractivity contribution >= 4 is 29.9 Å². The Morgan fingerprint density at radius 2 is 1.97 bits per heavy atom. The molecule has 2 N–H and O–H groups in total. The number of rotatable bonds is 11. The summed E-state index contributed by atoms with van der Waals surface area (Å²) in [5.74, 6) is 2.34. The summed E-state index contributed by atoms with van der Waals surface area (Å²) in [6.45, 7) is 13.6. The molecule has 0 aromatic heterocycles. The van der Waals surface area contributed by atoms with Gasteiger partial charge in [-0.2, -0.15) is 0 Å². The van der Waals surface area contributed by atoms with E-state index in [9.17, 15) is 0 Å². The highest BCUT2D eigenvalue weighted by molar-refractivity contribution is 14.0. The average molecular weight is 518 g/mol. The molecule has 166 valence electrons. The normalized spacial score (nSPS) is 15.7. The summed E-state index contributed by atoms with van der Waals surface area (Å²) >= 11 is 0. The highest BCUT2D eigenvalue weighted by Gasteiger charge is 2.14. The van der Waals surface area contributed by atoms with Crippen molar-refractivity contribution in [1.29, 1.82) is 0 Å². The van der Waals surface area contributed by atoms with Gasteiger partial charge in [0.15, 0.2) is 5.96 Å². The lowest BCUT2D eigenvalue weighted by molar-refractivity contribution is 0.145. The summed E-state index contributed by atoms with van der Waals surface area (Å²) in [5, 5.41) is 6.85. The second-order valence-corrected chi connectivity index (χ2v) is 7.64. The second kappa shape index (κ2) is 14.8. The standard InChI is InChI=1S/C22H38N4O2.HI/c1-5-23-22(24-15-19(3)17-26-10-6-7-11-26)25-16-20-9-8-18(2)14-21(20)28-13-12-27-4;/h8-9,14,19H,5-7,10-13,15-17H2,1-4H3,(H2,23,24,25);1H. The largest absolute Gasteiger partial charge is 0.491 e. The Balaban J connectivity index is 0.00000420. The number of hydrogen-bond donors (Lipinski definition) is 2. The van der Waals surface area contributed by atoms with Crippen LogP contribution in [0.3, 0.4) is 0 Å². The predicted molar refractivity (Wildman–Crippen MR) is 132 cm³/mol. The molecule has 2 rings (SSSR count). The van der Waals surface area contributed by atoms with Gasteiger partial charge in [0.05, 0.1) is 13.2 Å². The van der Waals surface area contributed by atoms with Crippen LogP contribution in [0.15, 0.2) is 23.2 Å². The second-order valence-electron chi connectivity index (χ2n) is 7.64. The molecule has 0 amide bonds. The maximum absolute atomic E-state index is 5.88. The molecule has 1 saturated heterocycles. The van der Waals surface area contributed by atoms with Gasteiger partial charge < -0.3 is 25.0 Å². The van der Waals surface area contributed by atoms with Crippen LogP contribution < -0.4 is 15.4 Å². The number of likely N-dealkylation sites (tertiary alicyclic amines) is 1. The Hall–Kier alpha value is -1.06. The number of benzene rings is 1. The molecular formula is C22H39IN4O2. The molecule has 1 aliphatic heterocycles. The number of guanidine groups is 1. The summed E-state index contributed by atoms with van der Waals surface area (Å²) in [7, 11) is 1.68. The van der Waals surface area contributed by atoms with Gasteiger partial charge in [-0.1, -0.05) is 19.1 Å². The zero-order chi connectivity index (χ0) is 20.2. The van der Waals surface area contributed by atoms with E-state index in [1.807, 2.05) is 0 Å². The first-order valence-electron chi connectivity index (χ1n) is 10.6. The molecule has 6 nitrogen and oxygen atoms in total. The van der Waals surface area contributed by atoms with Gasteiger partial charge in [-0.25, -0.2) is 4.99 Å². The summed E-state index contributed by atoms with van der Waals surface area (Å²) < 4.78 is 11.0. The van der Waals surface area contributed by atoms with Gasteiger partial charge in [0, 0.05) is 32.3 Å². The van der Waals surface area contributed by atoms with E-state index in [1.165, 1.54) is 31.5 Å². The van der Waals surface area contributed by atoms with Crippen LogP contribution in [0.5, 0.6) is 5.75 Å². The highest BCUT2D eigenvalue weighted by Crippen LogP contribution is 2.21. The number of nitrogens with one attached hydrogen (secondary N) is 2. The van der Waals surface area contributed by atoms with E-state index in [4.69, 9.17) is 14.5 Å². The fourth-order valence-electron chi connectivity index (χ4n) is 3.41. The first-order valence-corrected chi connectivity index (χ1v) is 10.6. The Labute approximate surface area is 193 Å². The Kier molecular flexibility index (Phi) is 13.3. The third kappa shape index (κ3) is 10.00. The zero-order valence-electron chi connectivity index (χ0n) is 18.5. The van der Waals surface area contributed by atoms with Crippen LogP contribution >= 0.6 is 24.0 Å². The molecule has 1 unspecified atom stereocenters. The number of ether oxygens (including phenoxy) is 2. The van der Waals surface area contributed by atoms with Crippen LogP contribution in [0.2, 0.25) is 0 Å². The fraction of sp³-hybridized carbons (Fsp3) is 0.682. The van der Waals surface area contributed by atoms with Gasteiger partial charge in [-0.05, 0) is 57.3 Å². The molecule has 1 atom stereocenters. The lowest BCUT2D eigenvalue weighted by Crippen LogP contribution is -2.41. The van der Waals surface area contributed by atoms with Crippen molar-refractivity contribution in [3.63, 3.8) is 0 Å². The number of nitrogens with zero attached hydrogens (tertiary/aromatic N) is 2. The minimum Gasteiger partial charge on any atom is -0.491 e. The monoisotopic (exact) mass is 518 g/mol. The number of hydrogen-bond acceptors (Lipinski definition) is 4. The molecule has 1 aromatic carbocycles. The minimum absolute atomic E-state index is 0. The number of aryl methyl sites for hydroxylation is 1. The number of methoxy groups -OCH3 is 1. The van der Waals surface area contributed by atoms with Crippen molar-refractivity contribution in [3.8, 4) is 5.75 Å². The third-order valence-electron chi connectivity index (χ3n) is 4.91. The molecule has 0 saturated carbocycles. The first-order chi connectivity index (χ1) is 13.6. The molecule has 1 aromatic rings. The molecule has 0 radical (unpaired) electrons. The first kappa shape index (κ1) is 26.0. The lowest BCUT2D eigenvalue weighted by Gasteiger charge is -2.21. The lowest BCUT2D eigenvalue weighted by atomic mass is 10.1. The van der Waals surface area contributed by atoms with Gasteiger partial charge in [-0.3, -0.25) is 0 Å². The molecule has 0 spiro atoms. The highest BCUT2D eigenvalue weighted by atomic mass is 127. The van der Waals surface area contributed by atoms with Crippen LogP contribution in [-0.4, -0.2) is 63.9 Å². The maximum atomic E-state index is 5.88. The van der Waals surface area contributed by atoms with E-state index in [1.54, 1.807) is 7.11 Å². The Morgan fingerprint density at radius 3 is 2.66 bits per heavy atom. The van der Waals surface area contributed by atoms with Crippen molar-refractivity contribution in [2.75, 3.05) is 53.0 Å². The van der Waals surface area contributed by atoms with E-state index in [0.717, 1.165) is 36.9 Å². The molecular weight excluding hydrogens is 479 g/mol. The van der Waals surface area contributed by atoms with Crippen molar-refractivity contribution < 1.29 is 9.47 Å². The fourth-order valence-corrected chi connectivity index (χ4v) is 3.41. The van der Waals surface area contributed by atoms with E-state index in [0.29, 0.717) is 25.7 Å². The van der Waals surface area contributed by atoms with Crippen LogP contribution in [0.4, 0.5) is 0 Å². The topological polar surface area (TPSA) is 58.1 Å². The molecule has 0 bridgehead atoms. The molecule has 1 heterocycles. The smallest absolute Gasteiger partial charge is 0.191 e. The van der Waals surface area contributed by atoms with Crippen molar-refractivity contribution in [2.45, 2.75) is 40.2 Å². The van der Waals surface area contributed by atoms with Gasteiger partial charge >= 0.3 is 0 Å². The van der Waals surface area contributed by atoms with Crippen molar-refractivity contribution in [2.24, 2.45) is 10.9 Å². The molecule has 1 aliphatic rings. The summed E-state index contributed by atoms with van der Waals surface area (Å²) in [5.41, 5.74) is 2.27. The average Bonchev–Trinajstić information content (AvgIpc) is 3.18. The third-order valence-corrected chi connectivity index (χ3v) is 4.91. The molecule has 29 heavy (non-hydrogen) atoms. The summed E-state index contributed by atoms with van der Waals surface area (Å²) in [4.78, 5) is 7.34. The predicted octanol–water partition coefficient (Wildman–Crippen LogP) is 3.43. The summed E-state index contributed by atoms with van der Waals surface area (Å²) in [6, 6.07) is 6.27. The summed E-state index contributed by atoms with van der Waals surface area (Å²) in [6.07, 6.45) is 2.69. The number of halogens is 1. The van der Waals surface area contributed by atoms with Crippen molar-refractivity contribution in [1.82, 2.24) is 15.5 Å². The van der Waals surface area contributed by atoms with E-state index in [2.05, 4.69) is 54.5 Å². The maximum Gasteiger partial charge on any atom is 0.191 e. The molecule has 7 heteroatoms. The quantitative estimate of drug-likeness (QED) is 0.204. The molecule has 1 fully saturated rings. The van der Waals surface area contributed by atoms with Crippen molar-refractivity contribution in [3.05, 3.63) is 29.3 Å². The van der Waals surface area contributed by atoms with Gasteiger partial charge in [0.25, 0.3) is 0 Å². The van der Waals surface area contributed by atoms with Gasteiger partial charge in [-0.15, -0.1) is 24.0 Å². The molecule has 0 aliphatic carbocycles. The zero-order valence-corrected chi connectivity index (χ0v) is 20.8. The van der Waals surface area contributed by atoms with E-state index >= 15 is 0 Å². The van der Waals surface area contributed by atoms with Crippen LogP contribution in [-0.2, 0) is 11.3 Å². The number of aliphatic imine (C=N–C) groups is 1. The van der Waals surface area contributed by atoms with Crippen LogP contribution in [0.25, 0.3) is 0 Å².